The second-order valence-electron chi connectivity index (χ2n) is 5.35. The fourth-order valence-corrected chi connectivity index (χ4v) is 1.87. The maximum atomic E-state index is 9.81. The lowest BCUT2D eigenvalue weighted by Gasteiger charge is -2.20. The Morgan fingerprint density at radius 2 is 2.00 bits per heavy atom. The molecule has 3 nitrogen and oxygen atoms in total. The highest BCUT2D eigenvalue weighted by atomic mass is 16.5. The molecule has 3 atom stereocenters. The third-order valence-corrected chi connectivity index (χ3v) is 2.88. The number of nitrogens with one attached hydrogen (secondary N) is 1. The van der Waals surface area contributed by atoms with E-state index in [9.17, 15) is 5.11 Å². The SMILES string of the molecule is C#CCC(CC)NCC(O)COC(C)CC(C)C. The molecule has 0 aliphatic rings. The molecule has 3 heteroatoms. The monoisotopic (exact) mass is 255 g/mol. The molecule has 0 saturated heterocycles. The van der Waals surface area contributed by atoms with E-state index < -0.39 is 6.10 Å². The number of terminal acetylenes is 1. The Hall–Kier alpha value is -0.560. The van der Waals surface area contributed by atoms with Gasteiger partial charge in [0.1, 0.15) is 0 Å². The van der Waals surface area contributed by atoms with Gasteiger partial charge in [0.2, 0.25) is 0 Å². The maximum Gasteiger partial charge on any atom is 0.0897 e. The molecule has 0 heterocycles. The number of hydrogen-bond acceptors (Lipinski definition) is 3. The average Bonchev–Trinajstić information content (AvgIpc) is 2.31. The highest BCUT2D eigenvalue weighted by Crippen LogP contribution is 2.07. The molecule has 18 heavy (non-hydrogen) atoms. The van der Waals surface area contributed by atoms with Gasteiger partial charge in [0, 0.05) is 19.0 Å². The Morgan fingerprint density at radius 1 is 1.33 bits per heavy atom. The Kier molecular flexibility index (Phi) is 10.0. The van der Waals surface area contributed by atoms with Crippen LogP contribution < -0.4 is 5.32 Å². The molecule has 0 saturated carbocycles. The van der Waals surface area contributed by atoms with Crippen molar-refractivity contribution in [1.82, 2.24) is 5.32 Å². The molecule has 2 N–H and O–H groups in total. The summed E-state index contributed by atoms with van der Waals surface area (Å²) >= 11 is 0. The van der Waals surface area contributed by atoms with Crippen LogP contribution >= 0.6 is 0 Å². The molecule has 0 rings (SSSR count). The summed E-state index contributed by atoms with van der Waals surface area (Å²) in [6, 6.07) is 0.290. The highest BCUT2D eigenvalue weighted by molar-refractivity contribution is 4.89. The molecule has 0 aliphatic heterocycles. The Bertz CT molecular complexity index is 235. The minimum Gasteiger partial charge on any atom is -0.389 e. The standard InChI is InChI=1S/C15H29NO2/c1-6-8-14(7-2)16-10-15(17)11-18-13(5)9-12(3)4/h1,12-17H,7-11H2,2-5H3. The van der Waals surface area contributed by atoms with Crippen LogP contribution in [0.15, 0.2) is 0 Å². The lowest BCUT2D eigenvalue weighted by atomic mass is 10.1. The average molecular weight is 255 g/mol. The summed E-state index contributed by atoms with van der Waals surface area (Å²) in [5.41, 5.74) is 0. The van der Waals surface area contributed by atoms with E-state index in [1.807, 2.05) is 6.92 Å². The first-order valence-corrected chi connectivity index (χ1v) is 6.96. The molecular weight excluding hydrogens is 226 g/mol. The van der Waals surface area contributed by atoms with E-state index in [4.69, 9.17) is 11.2 Å². The van der Waals surface area contributed by atoms with E-state index in [2.05, 4.69) is 32.0 Å². The molecule has 0 spiro atoms. The number of aliphatic hydroxyl groups is 1. The third kappa shape index (κ3) is 9.47. The first kappa shape index (κ1) is 17.4. The molecule has 3 unspecified atom stereocenters. The topological polar surface area (TPSA) is 41.5 Å². The highest BCUT2D eigenvalue weighted by Gasteiger charge is 2.11. The van der Waals surface area contributed by atoms with Crippen molar-refractivity contribution in [3.05, 3.63) is 0 Å². The van der Waals surface area contributed by atoms with Crippen molar-refractivity contribution in [1.29, 1.82) is 0 Å². The first-order valence-electron chi connectivity index (χ1n) is 6.96. The van der Waals surface area contributed by atoms with Crippen LogP contribution in [0.5, 0.6) is 0 Å². The second kappa shape index (κ2) is 10.4. The molecule has 106 valence electrons. The van der Waals surface area contributed by atoms with Gasteiger partial charge in [-0.15, -0.1) is 12.3 Å². The Morgan fingerprint density at radius 3 is 2.50 bits per heavy atom. The van der Waals surface area contributed by atoms with Crippen LogP contribution in [-0.4, -0.2) is 36.5 Å². The maximum absolute atomic E-state index is 9.81. The van der Waals surface area contributed by atoms with Gasteiger partial charge in [-0.05, 0) is 25.7 Å². The van der Waals surface area contributed by atoms with Gasteiger partial charge in [0.25, 0.3) is 0 Å². The summed E-state index contributed by atoms with van der Waals surface area (Å²) in [6.07, 6.45) is 7.71. The van der Waals surface area contributed by atoms with Crippen LogP contribution in [0.2, 0.25) is 0 Å². The van der Waals surface area contributed by atoms with Crippen LogP contribution in [0.1, 0.15) is 47.0 Å². The molecule has 0 bridgehead atoms. The van der Waals surface area contributed by atoms with E-state index in [0.717, 1.165) is 12.8 Å². The van der Waals surface area contributed by atoms with Crippen LogP contribution in [0.3, 0.4) is 0 Å². The minimum absolute atomic E-state index is 0.201. The minimum atomic E-state index is -0.466. The zero-order valence-electron chi connectivity index (χ0n) is 12.3. The van der Waals surface area contributed by atoms with E-state index in [-0.39, 0.29) is 12.1 Å². The second-order valence-corrected chi connectivity index (χ2v) is 5.35. The molecule has 0 aromatic heterocycles. The molecule has 0 radical (unpaired) electrons. The molecule has 0 aromatic carbocycles. The third-order valence-electron chi connectivity index (χ3n) is 2.88. The predicted octanol–water partition coefficient (Wildman–Crippen LogP) is 2.19. The van der Waals surface area contributed by atoms with Gasteiger partial charge in [-0.1, -0.05) is 20.8 Å². The van der Waals surface area contributed by atoms with E-state index in [1.54, 1.807) is 0 Å². The molecule has 0 fully saturated rings. The van der Waals surface area contributed by atoms with Crippen molar-refractivity contribution in [2.75, 3.05) is 13.2 Å². The summed E-state index contributed by atoms with van der Waals surface area (Å²) in [4.78, 5) is 0. The van der Waals surface area contributed by atoms with Crippen molar-refractivity contribution in [2.45, 2.75) is 65.2 Å². The molecule has 0 aliphatic carbocycles. The quantitative estimate of drug-likeness (QED) is 0.588. The summed E-state index contributed by atoms with van der Waals surface area (Å²) < 4.78 is 5.61. The first-order chi connectivity index (χ1) is 8.49. The molecule has 0 amide bonds. The summed E-state index contributed by atoms with van der Waals surface area (Å²) in [5, 5.41) is 13.1. The van der Waals surface area contributed by atoms with E-state index in [0.29, 0.717) is 25.5 Å². The van der Waals surface area contributed by atoms with Crippen molar-refractivity contribution in [3.8, 4) is 12.3 Å². The number of hydrogen-bond donors (Lipinski definition) is 2. The van der Waals surface area contributed by atoms with Crippen LogP contribution in [-0.2, 0) is 4.74 Å². The predicted molar refractivity (Wildman–Crippen MR) is 76.4 cm³/mol. The van der Waals surface area contributed by atoms with Crippen molar-refractivity contribution in [3.63, 3.8) is 0 Å². The van der Waals surface area contributed by atoms with Crippen LogP contribution in [0, 0.1) is 18.3 Å². The zero-order chi connectivity index (χ0) is 14.0. The number of rotatable bonds is 10. The largest absolute Gasteiger partial charge is 0.389 e. The van der Waals surface area contributed by atoms with Crippen molar-refractivity contribution in [2.24, 2.45) is 5.92 Å². The molecular formula is C15H29NO2. The smallest absolute Gasteiger partial charge is 0.0897 e. The van der Waals surface area contributed by atoms with Gasteiger partial charge in [-0.25, -0.2) is 0 Å². The lowest BCUT2D eigenvalue weighted by molar-refractivity contribution is -0.00925. The summed E-state index contributed by atoms with van der Waals surface area (Å²) in [5.74, 6) is 3.26. The normalized spacial score (nSPS) is 16.3. The van der Waals surface area contributed by atoms with Gasteiger partial charge in [0.15, 0.2) is 0 Å². The lowest BCUT2D eigenvalue weighted by Crippen LogP contribution is -2.37. The number of aliphatic hydroxyl groups excluding tert-OH is 1. The van der Waals surface area contributed by atoms with E-state index >= 15 is 0 Å². The summed E-state index contributed by atoms with van der Waals surface area (Å²) in [6.45, 7) is 9.39. The van der Waals surface area contributed by atoms with Crippen LogP contribution in [0.4, 0.5) is 0 Å². The van der Waals surface area contributed by atoms with E-state index in [1.165, 1.54) is 0 Å². The number of ether oxygens (including phenoxy) is 1. The van der Waals surface area contributed by atoms with Gasteiger partial charge in [0.05, 0.1) is 18.8 Å². The van der Waals surface area contributed by atoms with Gasteiger partial charge in [-0.3, -0.25) is 0 Å². The van der Waals surface area contributed by atoms with Gasteiger partial charge >= 0.3 is 0 Å². The van der Waals surface area contributed by atoms with Crippen LogP contribution in [0.25, 0.3) is 0 Å². The van der Waals surface area contributed by atoms with Crippen molar-refractivity contribution >= 4 is 0 Å². The fraction of sp³-hybridized carbons (Fsp3) is 0.867. The van der Waals surface area contributed by atoms with Crippen molar-refractivity contribution < 1.29 is 9.84 Å². The Labute approximate surface area is 112 Å². The zero-order valence-corrected chi connectivity index (χ0v) is 12.3. The van der Waals surface area contributed by atoms with Gasteiger partial charge in [-0.2, -0.15) is 0 Å². The molecule has 0 aromatic rings. The summed E-state index contributed by atoms with van der Waals surface area (Å²) in [7, 11) is 0. The fourth-order valence-electron chi connectivity index (χ4n) is 1.87. The van der Waals surface area contributed by atoms with Gasteiger partial charge < -0.3 is 15.2 Å². The Balaban J connectivity index is 3.70.